The lowest BCUT2D eigenvalue weighted by Crippen LogP contribution is -2.25. The molecule has 2 aromatic rings. The summed E-state index contributed by atoms with van der Waals surface area (Å²) in [4.78, 5) is 4.29. The summed E-state index contributed by atoms with van der Waals surface area (Å²) in [6.07, 6.45) is 2.59. The molecule has 2 nitrogen and oxygen atoms in total. The topological polar surface area (TPSA) is 24.9 Å². The van der Waals surface area contributed by atoms with Gasteiger partial charge in [0.05, 0.1) is 11.7 Å². The highest BCUT2D eigenvalue weighted by atomic mass is 19.2. The van der Waals surface area contributed by atoms with E-state index in [2.05, 4.69) is 10.3 Å². The van der Waals surface area contributed by atoms with E-state index >= 15 is 0 Å². The molecule has 0 aliphatic heterocycles. The average molecular weight is 276 g/mol. The summed E-state index contributed by atoms with van der Waals surface area (Å²) in [7, 11) is 0. The van der Waals surface area contributed by atoms with E-state index < -0.39 is 17.7 Å². The molecule has 2 rings (SSSR count). The molecule has 1 unspecified atom stereocenters. The fourth-order valence-electron chi connectivity index (χ4n) is 2.12. The zero-order valence-corrected chi connectivity index (χ0v) is 11.7. The molecular weight excluding hydrogens is 258 g/mol. The Balaban J connectivity index is 2.44. The van der Waals surface area contributed by atoms with Gasteiger partial charge in [0.15, 0.2) is 11.6 Å². The number of benzene rings is 1. The van der Waals surface area contributed by atoms with Gasteiger partial charge in [-0.05, 0) is 43.7 Å². The second kappa shape index (κ2) is 6.57. The van der Waals surface area contributed by atoms with Crippen molar-refractivity contribution in [2.75, 3.05) is 6.54 Å². The highest BCUT2D eigenvalue weighted by Gasteiger charge is 2.20. The standard InChI is InChI=1S/C16H18F2N2/c1-3-8-20-16(14-10-11(2)7-9-19-14)12-5-4-6-13(17)15(12)18/h4-7,9-10,16,20H,3,8H2,1-2H3. The minimum Gasteiger partial charge on any atom is -0.305 e. The molecule has 1 aromatic carbocycles. The minimum atomic E-state index is -0.835. The number of hydrogen-bond donors (Lipinski definition) is 1. The van der Waals surface area contributed by atoms with Crippen molar-refractivity contribution in [3.05, 3.63) is 65.0 Å². The predicted molar refractivity (Wildman–Crippen MR) is 75.5 cm³/mol. The second-order valence-corrected chi connectivity index (χ2v) is 4.79. The first-order chi connectivity index (χ1) is 9.63. The number of aryl methyl sites for hydroxylation is 1. The molecule has 0 bridgehead atoms. The molecule has 1 atom stereocenters. The molecule has 0 aliphatic carbocycles. The Labute approximate surface area is 117 Å². The molecule has 0 saturated heterocycles. The molecule has 106 valence electrons. The molecule has 1 heterocycles. The average Bonchev–Trinajstić information content (AvgIpc) is 2.44. The molecule has 0 aliphatic rings. The Morgan fingerprint density at radius 1 is 1.25 bits per heavy atom. The van der Waals surface area contributed by atoms with Crippen LogP contribution < -0.4 is 5.32 Å². The lowest BCUT2D eigenvalue weighted by molar-refractivity contribution is 0.478. The number of rotatable bonds is 5. The molecule has 1 aromatic heterocycles. The van der Waals surface area contributed by atoms with Gasteiger partial charge in [-0.15, -0.1) is 0 Å². The van der Waals surface area contributed by atoms with Crippen molar-refractivity contribution in [2.45, 2.75) is 26.3 Å². The summed E-state index contributed by atoms with van der Waals surface area (Å²) in [6, 6.07) is 7.56. The van der Waals surface area contributed by atoms with Crippen LogP contribution >= 0.6 is 0 Å². The normalized spacial score (nSPS) is 12.4. The summed E-state index contributed by atoms with van der Waals surface area (Å²) in [5.74, 6) is -1.65. The number of nitrogens with zero attached hydrogens (tertiary/aromatic N) is 1. The summed E-state index contributed by atoms with van der Waals surface area (Å²) < 4.78 is 27.5. The fourth-order valence-corrected chi connectivity index (χ4v) is 2.12. The van der Waals surface area contributed by atoms with E-state index in [9.17, 15) is 8.78 Å². The summed E-state index contributed by atoms with van der Waals surface area (Å²) in [5, 5.41) is 3.23. The van der Waals surface area contributed by atoms with Gasteiger partial charge in [0.25, 0.3) is 0 Å². The molecule has 1 N–H and O–H groups in total. The Hall–Kier alpha value is -1.81. The Bertz CT molecular complexity index is 584. The van der Waals surface area contributed by atoms with Crippen LogP contribution in [-0.2, 0) is 0 Å². The Morgan fingerprint density at radius 2 is 2.05 bits per heavy atom. The monoisotopic (exact) mass is 276 g/mol. The first-order valence-electron chi connectivity index (χ1n) is 6.73. The van der Waals surface area contributed by atoms with E-state index in [0.29, 0.717) is 12.2 Å². The van der Waals surface area contributed by atoms with Gasteiger partial charge in [-0.25, -0.2) is 8.78 Å². The molecule has 20 heavy (non-hydrogen) atoms. The van der Waals surface area contributed by atoms with Gasteiger partial charge < -0.3 is 5.32 Å². The molecule has 0 fully saturated rings. The van der Waals surface area contributed by atoms with Crippen molar-refractivity contribution in [2.24, 2.45) is 0 Å². The van der Waals surface area contributed by atoms with Crippen LogP contribution in [0.25, 0.3) is 0 Å². The van der Waals surface area contributed by atoms with Gasteiger partial charge in [-0.2, -0.15) is 0 Å². The van der Waals surface area contributed by atoms with E-state index in [4.69, 9.17) is 0 Å². The smallest absolute Gasteiger partial charge is 0.163 e. The predicted octanol–water partition coefficient (Wildman–Crippen LogP) is 3.76. The zero-order valence-electron chi connectivity index (χ0n) is 11.7. The SMILES string of the molecule is CCCNC(c1cc(C)ccn1)c1cccc(F)c1F. The third kappa shape index (κ3) is 3.20. The third-order valence-electron chi connectivity index (χ3n) is 3.12. The fraction of sp³-hybridized carbons (Fsp3) is 0.312. The van der Waals surface area contributed by atoms with Crippen LogP contribution in [0.15, 0.2) is 36.5 Å². The summed E-state index contributed by atoms with van der Waals surface area (Å²) >= 11 is 0. The van der Waals surface area contributed by atoms with E-state index in [1.165, 1.54) is 6.07 Å². The number of nitrogens with one attached hydrogen (secondary N) is 1. The van der Waals surface area contributed by atoms with Gasteiger partial charge in [-0.1, -0.05) is 19.1 Å². The molecule has 4 heteroatoms. The van der Waals surface area contributed by atoms with Crippen LogP contribution in [0.2, 0.25) is 0 Å². The third-order valence-corrected chi connectivity index (χ3v) is 3.12. The van der Waals surface area contributed by atoms with E-state index in [1.807, 2.05) is 26.0 Å². The second-order valence-electron chi connectivity index (χ2n) is 4.79. The molecule has 0 spiro atoms. The van der Waals surface area contributed by atoms with Crippen LogP contribution in [0.5, 0.6) is 0 Å². The van der Waals surface area contributed by atoms with Crippen LogP contribution in [0.4, 0.5) is 8.78 Å². The quantitative estimate of drug-likeness (QED) is 0.899. The van der Waals surface area contributed by atoms with Crippen molar-refractivity contribution >= 4 is 0 Å². The first-order valence-corrected chi connectivity index (χ1v) is 6.73. The molecule has 0 saturated carbocycles. The van der Waals surface area contributed by atoms with Crippen molar-refractivity contribution in [1.82, 2.24) is 10.3 Å². The van der Waals surface area contributed by atoms with E-state index in [0.717, 1.165) is 18.1 Å². The van der Waals surface area contributed by atoms with Crippen LogP contribution in [-0.4, -0.2) is 11.5 Å². The summed E-state index contributed by atoms with van der Waals surface area (Å²) in [6.45, 7) is 4.68. The van der Waals surface area contributed by atoms with Crippen LogP contribution in [0.1, 0.15) is 36.2 Å². The Morgan fingerprint density at radius 3 is 2.75 bits per heavy atom. The van der Waals surface area contributed by atoms with E-state index in [1.54, 1.807) is 12.3 Å². The largest absolute Gasteiger partial charge is 0.305 e. The summed E-state index contributed by atoms with van der Waals surface area (Å²) in [5.41, 5.74) is 2.02. The maximum atomic E-state index is 14.0. The zero-order chi connectivity index (χ0) is 14.5. The molecule has 0 radical (unpaired) electrons. The number of aromatic nitrogens is 1. The maximum Gasteiger partial charge on any atom is 0.163 e. The van der Waals surface area contributed by atoms with Crippen molar-refractivity contribution in [3.63, 3.8) is 0 Å². The highest BCUT2D eigenvalue weighted by molar-refractivity contribution is 5.31. The lowest BCUT2D eigenvalue weighted by atomic mass is 10.0. The van der Waals surface area contributed by atoms with Gasteiger partial charge in [-0.3, -0.25) is 4.98 Å². The van der Waals surface area contributed by atoms with E-state index in [-0.39, 0.29) is 5.56 Å². The van der Waals surface area contributed by atoms with Crippen molar-refractivity contribution in [1.29, 1.82) is 0 Å². The maximum absolute atomic E-state index is 14.0. The van der Waals surface area contributed by atoms with Gasteiger partial charge >= 0.3 is 0 Å². The van der Waals surface area contributed by atoms with Gasteiger partial charge in [0.2, 0.25) is 0 Å². The van der Waals surface area contributed by atoms with Crippen LogP contribution in [0, 0.1) is 18.6 Å². The number of hydrogen-bond acceptors (Lipinski definition) is 2. The highest BCUT2D eigenvalue weighted by Crippen LogP contribution is 2.25. The number of pyridine rings is 1. The van der Waals surface area contributed by atoms with Gasteiger partial charge in [0.1, 0.15) is 0 Å². The number of halogens is 2. The molecule has 0 amide bonds. The minimum absolute atomic E-state index is 0.288. The van der Waals surface area contributed by atoms with Crippen molar-refractivity contribution in [3.8, 4) is 0 Å². The lowest BCUT2D eigenvalue weighted by Gasteiger charge is -2.19. The van der Waals surface area contributed by atoms with Crippen molar-refractivity contribution < 1.29 is 8.78 Å². The van der Waals surface area contributed by atoms with Crippen LogP contribution in [0.3, 0.4) is 0 Å². The first kappa shape index (κ1) is 14.6. The Kier molecular flexibility index (Phi) is 4.79. The molecular formula is C16H18F2N2. The van der Waals surface area contributed by atoms with Gasteiger partial charge in [0, 0.05) is 11.8 Å².